The third-order valence-corrected chi connectivity index (χ3v) is 2.94. The van der Waals surface area contributed by atoms with Gasteiger partial charge in [-0.3, -0.25) is 15.0 Å². The minimum absolute atomic E-state index is 0.287. The zero-order chi connectivity index (χ0) is 15.7. The largest absolute Gasteiger partial charge is 0.391 e. The van der Waals surface area contributed by atoms with Crippen LogP contribution in [0.25, 0.3) is 0 Å². The maximum absolute atomic E-state index is 12.1. The molecule has 0 aromatic carbocycles. The van der Waals surface area contributed by atoms with E-state index in [2.05, 4.69) is 10.6 Å². The highest BCUT2D eigenvalue weighted by Crippen LogP contribution is 2.04. The molecule has 0 aromatic heterocycles. The van der Waals surface area contributed by atoms with Crippen LogP contribution in [-0.4, -0.2) is 67.3 Å². The fourth-order valence-electron chi connectivity index (χ4n) is 1.72. The number of rotatable bonds is 10. The molecule has 0 spiro atoms. The normalized spacial score (nSPS) is 16.0. The van der Waals surface area contributed by atoms with Crippen LogP contribution in [0, 0.1) is 0 Å². The van der Waals surface area contributed by atoms with E-state index in [1.807, 2.05) is 0 Å². The van der Waals surface area contributed by atoms with Gasteiger partial charge >= 0.3 is 0 Å². The van der Waals surface area contributed by atoms with Gasteiger partial charge in [-0.2, -0.15) is 0 Å². The van der Waals surface area contributed by atoms with Crippen molar-refractivity contribution < 1.29 is 14.7 Å². The molecule has 0 heterocycles. The van der Waals surface area contributed by atoms with Gasteiger partial charge in [0.2, 0.25) is 5.91 Å². The van der Waals surface area contributed by atoms with Gasteiger partial charge in [-0.1, -0.05) is 0 Å². The number of carbonyl (C=O) groups excluding carboxylic acids is 2. The number of likely N-dealkylation sites (N-methyl/N-ethyl adjacent to an activating group) is 1. The minimum atomic E-state index is -0.920. The van der Waals surface area contributed by atoms with Gasteiger partial charge in [-0.05, 0) is 40.4 Å². The SMILES string of the molecule is C[C@@H](O)[C@@H](C=O)NC(=O)[C@H](CCCNC(N)N)N(C)C. The Kier molecular flexibility index (Phi) is 9.26. The summed E-state index contributed by atoms with van der Waals surface area (Å²) in [5.41, 5.74) is 10.7. The van der Waals surface area contributed by atoms with Crippen molar-refractivity contribution in [3.8, 4) is 0 Å². The number of aliphatic hydroxyl groups excluding tert-OH is 1. The molecular formula is C12H27N5O3. The van der Waals surface area contributed by atoms with Gasteiger partial charge in [-0.15, -0.1) is 0 Å². The van der Waals surface area contributed by atoms with Crippen molar-refractivity contribution in [2.75, 3.05) is 20.6 Å². The lowest BCUT2D eigenvalue weighted by Crippen LogP contribution is -2.51. The lowest BCUT2D eigenvalue weighted by atomic mass is 10.1. The second-order valence-electron chi connectivity index (χ2n) is 5.01. The number of amides is 1. The van der Waals surface area contributed by atoms with Crippen molar-refractivity contribution in [2.24, 2.45) is 11.5 Å². The molecule has 0 saturated heterocycles. The molecule has 0 aliphatic rings. The highest BCUT2D eigenvalue weighted by molar-refractivity contribution is 5.84. The maximum Gasteiger partial charge on any atom is 0.237 e. The molecule has 8 nitrogen and oxygen atoms in total. The summed E-state index contributed by atoms with van der Waals surface area (Å²) >= 11 is 0. The molecule has 0 radical (unpaired) electrons. The average Bonchev–Trinajstić information content (AvgIpc) is 2.34. The predicted octanol–water partition coefficient (Wildman–Crippen LogP) is -2.45. The quantitative estimate of drug-likeness (QED) is 0.171. The Balaban J connectivity index is 4.36. The highest BCUT2D eigenvalue weighted by Gasteiger charge is 2.24. The molecule has 1 amide bonds. The number of nitrogens with two attached hydrogens (primary N) is 2. The molecule has 0 fully saturated rings. The molecular weight excluding hydrogens is 262 g/mol. The topological polar surface area (TPSA) is 134 Å². The number of nitrogens with one attached hydrogen (secondary N) is 2. The maximum atomic E-state index is 12.1. The lowest BCUT2D eigenvalue weighted by molar-refractivity contribution is -0.129. The molecule has 118 valence electrons. The second kappa shape index (κ2) is 9.78. The summed E-state index contributed by atoms with van der Waals surface area (Å²) in [4.78, 5) is 24.6. The summed E-state index contributed by atoms with van der Waals surface area (Å²) in [5.74, 6) is -0.287. The molecule has 0 aliphatic heterocycles. The van der Waals surface area contributed by atoms with Crippen molar-refractivity contribution in [3.63, 3.8) is 0 Å². The van der Waals surface area contributed by atoms with Crippen LogP contribution in [-0.2, 0) is 9.59 Å². The van der Waals surface area contributed by atoms with Crippen LogP contribution in [0.4, 0.5) is 0 Å². The van der Waals surface area contributed by atoms with E-state index in [-0.39, 0.29) is 11.9 Å². The molecule has 0 aromatic rings. The molecule has 0 saturated carbocycles. The van der Waals surface area contributed by atoms with E-state index in [0.717, 1.165) is 0 Å². The van der Waals surface area contributed by atoms with E-state index in [0.29, 0.717) is 25.7 Å². The van der Waals surface area contributed by atoms with Crippen molar-refractivity contribution >= 4 is 12.2 Å². The van der Waals surface area contributed by atoms with E-state index in [1.165, 1.54) is 6.92 Å². The Morgan fingerprint density at radius 3 is 2.40 bits per heavy atom. The zero-order valence-electron chi connectivity index (χ0n) is 12.4. The first-order chi connectivity index (χ1) is 9.29. The van der Waals surface area contributed by atoms with Crippen molar-refractivity contribution in [3.05, 3.63) is 0 Å². The number of carbonyl (C=O) groups is 2. The Morgan fingerprint density at radius 2 is 2.00 bits per heavy atom. The van der Waals surface area contributed by atoms with E-state index in [4.69, 9.17) is 11.5 Å². The number of aliphatic hydroxyl groups is 1. The van der Waals surface area contributed by atoms with Gasteiger partial charge in [0, 0.05) is 0 Å². The van der Waals surface area contributed by atoms with Gasteiger partial charge in [0.05, 0.1) is 12.1 Å². The third-order valence-electron chi connectivity index (χ3n) is 2.94. The fourth-order valence-corrected chi connectivity index (χ4v) is 1.72. The van der Waals surface area contributed by atoms with Crippen molar-refractivity contribution in [1.29, 1.82) is 0 Å². The van der Waals surface area contributed by atoms with E-state index in [9.17, 15) is 14.7 Å². The van der Waals surface area contributed by atoms with E-state index < -0.39 is 18.4 Å². The number of aldehydes is 1. The van der Waals surface area contributed by atoms with Crippen LogP contribution in [0.5, 0.6) is 0 Å². The highest BCUT2D eigenvalue weighted by atomic mass is 16.3. The number of hydrogen-bond donors (Lipinski definition) is 5. The summed E-state index contributed by atoms with van der Waals surface area (Å²) in [5, 5.41) is 14.7. The van der Waals surface area contributed by atoms with Gasteiger partial charge in [0.15, 0.2) is 0 Å². The average molecular weight is 289 g/mol. The van der Waals surface area contributed by atoms with E-state index in [1.54, 1.807) is 19.0 Å². The second-order valence-corrected chi connectivity index (χ2v) is 5.01. The molecule has 0 rings (SSSR count). The molecule has 0 aliphatic carbocycles. The molecule has 20 heavy (non-hydrogen) atoms. The first kappa shape index (κ1) is 18.9. The molecule has 0 bridgehead atoms. The van der Waals surface area contributed by atoms with Crippen molar-refractivity contribution in [1.82, 2.24) is 15.5 Å². The van der Waals surface area contributed by atoms with Crippen molar-refractivity contribution in [2.45, 2.75) is 44.2 Å². The number of nitrogens with zero attached hydrogens (tertiary/aromatic N) is 1. The van der Waals surface area contributed by atoms with Crippen LogP contribution in [0.15, 0.2) is 0 Å². The molecule has 3 atom stereocenters. The van der Waals surface area contributed by atoms with Gasteiger partial charge in [0.1, 0.15) is 18.6 Å². The Morgan fingerprint density at radius 1 is 1.40 bits per heavy atom. The predicted molar refractivity (Wildman–Crippen MR) is 76.6 cm³/mol. The van der Waals surface area contributed by atoms with Crippen LogP contribution in [0.3, 0.4) is 0 Å². The molecule has 7 N–H and O–H groups in total. The third kappa shape index (κ3) is 7.51. The van der Waals surface area contributed by atoms with Crippen LogP contribution in [0.1, 0.15) is 19.8 Å². The zero-order valence-corrected chi connectivity index (χ0v) is 12.4. The van der Waals surface area contributed by atoms with E-state index >= 15 is 0 Å². The summed E-state index contributed by atoms with van der Waals surface area (Å²) in [6.07, 6.45) is 0.336. The Labute approximate surface area is 119 Å². The molecule has 0 unspecified atom stereocenters. The van der Waals surface area contributed by atoms with Gasteiger partial charge in [0.25, 0.3) is 0 Å². The summed E-state index contributed by atoms with van der Waals surface area (Å²) < 4.78 is 0. The summed E-state index contributed by atoms with van der Waals surface area (Å²) in [6.45, 7) is 2.05. The Bertz CT molecular complexity index is 297. The fraction of sp³-hybridized carbons (Fsp3) is 0.833. The van der Waals surface area contributed by atoms with Crippen LogP contribution < -0.4 is 22.1 Å². The monoisotopic (exact) mass is 289 g/mol. The summed E-state index contributed by atoms with van der Waals surface area (Å²) in [6, 6.07) is -1.27. The van der Waals surface area contributed by atoms with Gasteiger partial charge < -0.3 is 26.7 Å². The standard InChI is InChI=1S/C12H27N5O3/c1-8(19)9(7-18)16-11(20)10(17(2)3)5-4-6-15-12(13)14/h7-10,12,15,19H,4-6,13-14H2,1-3H3,(H,16,20)/t8-,9-,10+/m1/s1. The lowest BCUT2D eigenvalue weighted by Gasteiger charge is -2.26. The number of hydrogen-bond acceptors (Lipinski definition) is 7. The van der Waals surface area contributed by atoms with Crippen LogP contribution >= 0.6 is 0 Å². The summed E-state index contributed by atoms with van der Waals surface area (Å²) in [7, 11) is 3.56. The smallest absolute Gasteiger partial charge is 0.237 e. The van der Waals surface area contributed by atoms with Gasteiger partial charge in [-0.25, -0.2) is 0 Å². The Hall–Kier alpha value is -1.06. The van der Waals surface area contributed by atoms with Crippen LogP contribution in [0.2, 0.25) is 0 Å². The minimum Gasteiger partial charge on any atom is -0.391 e. The molecule has 8 heteroatoms. The first-order valence-electron chi connectivity index (χ1n) is 6.64. The first-order valence-corrected chi connectivity index (χ1v) is 6.64.